The Balaban J connectivity index is 1.46. The minimum Gasteiger partial charge on any atom is -0.494 e. The minimum atomic E-state index is -0.473. The predicted octanol–water partition coefficient (Wildman–Crippen LogP) is 2.51. The summed E-state index contributed by atoms with van der Waals surface area (Å²) in [5.41, 5.74) is 0.845. The highest BCUT2D eigenvalue weighted by Crippen LogP contribution is 2.26. The largest absolute Gasteiger partial charge is 0.494 e. The van der Waals surface area contributed by atoms with E-state index in [1.54, 1.807) is 0 Å². The van der Waals surface area contributed by atoms with E-state index in [1.807, 2.05) is 19.1 Å². The number of aliphatic hydroxyl groups is 1. The number of hydrogen-bond acceptors (Lipinski definition) is 4. The Morgan fingerprint density at radius 3 is 2.26 bits per heavy atom. The van der Waals surface area contributed by atoms with Crippen molar-refractivity contribution in [3.8, 4) is 5.75 Å². The molecule has 3 rings (SSSR count). The number of hydrogen-bond donors (Lipinski definition) is 1. The lowest BCUT2D eigenvalue weighted by molar-refractivity contribution is -0.0430. The van der Waals surface area contributed by atoms with Gasteiger partial charge in [0.15, 0.2) is 0 Å². The Hall–Kier alpha value is -1.10. The fourth-order valence-corrected chi connectivity index (χ4v) is 3.76. The standard InChI is InChI=1S/C19H30N2O2/c1-2-23-18-7-5-17(6-8-18)15-20-13-9-19(22,10-14-20)16-21-11-3-4-12-21/h5-8,22H,2-4,9-16H2,1H3. The van der Waals surface area contributed by atoms with Crippen molar-refractivity contribution < 1.29 is 9.84 Å². The van der Waals surface area contributed by atoms with Crippen molar-refractivity contribution >= 4 is 0 Å². The number of nitrogens with zero attached hydrogens (tertiary/aromatic N) is 2. The molecule has 1 N–H and O–H groups in total. The van der Waals surface area contributed by atoms with Gasteiger partial charge in [-0.3, -0.25) is 4.90 Å². The fourth-order valence-electron chi connectivity index (χ4n) is 3.76. The molecule has 4 nitrogen and oxygen atoms in total. The van der Waals surface area contributed by atoms with Gasteiger partial charge in [-0.2, -0.15) is 0 Å². The molecule has 1 aromatic carbocycles. The van der Waals surface area contributed by atoms with E-state index < -0.39 is 5.60 Å². The second-order valence-electron chi connectivity index (χ2n) is 7.06. The van der Waals surface area contributed by atoms with Gasteiger partial charge in [0.05, 0.1) is 12.2 Å². The van der Waals surface area contributed by atoms with Crippen LogP contribution in [0.2, 0.25) is 0 Å². The summed E-state index contributed by atoms with van der Waals surface area (Å²) in [6.07, 6.45) is 4.36. The predicted molar refractivity (Wildman–Crippen MR) is 92.7 cm³/mol. The Bertz CT molecular complexity index is 475. The van der Waals surface area contributed by atoms with Crippen molar-refractivity contribution in [2.45, 2.75) is 44.8 Å². The lowest BCUT2D eigenvalue weighted by Gasteiger charge is -2.40. The molecule has 0 aromatic heterocycles. The van der Waals surface area contributed by atoms with Crippen LogP contribution in [0.25, 0.3) is 0 Å². The molecule has 0 spiro atoms. The van der Waals surface area contributed by atoms with Crippen LogP contribution in [0.5, 0.6) is 5.75 Å². The lowest BCUT2D eigenvalue weighted by Crippen LogP contribution is -2.50. The summed E-state index contributed by atoms with van der Waals surface area (Å²) >= 11 is 0. The van der Waals surface area contributed by atoms with Gasteiger partial charge in [0, 0.05) is 26.2 Å². The zero-order valence-corrected chi connectivity index (χ0v) is 14.3. The molecule has 0 unspecified atom stereocenters. The van der Waals surface area contributed by atoms with Crippen LogP contribution in [0.15, 0.2) is 24.3 Å². The van der Waals surface area contributed by atoms with E-state index in [9.17, 15) is 5.11 Å². The average Bonchev–Trinajstić information content (AvgIpc) is 3.04. The zero-order chi connectivity index (χ0) is 16.1. The molecule has 2 fully saturated rings. The Labute approximate surface area is 140 Å². The molecule has 2 saturated heterocycles. The average molecular weight is 318 g/mol. The molecule has 0 radical (unpaired) electrons. The molecular formula is C19H30N2O2. The smallest absolute Gasteiger partial charge is 0.119 e. The van der Waals surface area contributed by atoms with Crippen molar-refractivity contribution in [3.05, 3.63) is 29.8 Å². The van der Waals surface area contributed by atoms with Gasteiger partial charge in [0.2, 0.25) is 0 Å². The summed E-state index contributed by atoms with van der Waals surface area (Å²) in [5.74, 6) is 0.940. The van der Waals surface area contributed by atoms with Crippen LogP contribution in [-0.2, 0) is 6.54 Å². The highest BCUT2D eigenvalue weighted by molar-refractivity contribution is 5.27. The van der Waals surface area contributed by atoms with Gasteiger partial charge < -0.3 is 14.7 Å². The summed E-state index contributed by atoms with van der Waals surface area (Å²) in [7, 11) is 0. The van der Waals surface area contributed by atoms with E-state index in [2.05, 4.69) is 21.9 Å². The number of likely N-dealkylation sites (tertiary alicyclic amines) is 2. The second kappa shape index (κ2) is 7.65. The minimum absolute atomic E-state index is 0.473. The second-order valence-corrected chi connectivity index (χ2v) is 7.06. The van der Waals surface area contributed by atoms with Crippen LogP contribution in [-0.4, -0.2) is 59.8 Å². The molecule has 0 bridgehead atoms. The molecule has 1 aromatic rings. The lowest BCUT2D eigenvalue weighted by atomic mass is 9.90. The third-order valence-electron chi connectivity index (χ3n) is 5.14. The van der Waals surface area contributed by atoms with E-state index >= 15 is 0 Å². The summed E-state index contributed by atoms with van der Waals surface area (Å²) in [6.45, 7) is 8.84. The maximum Gasteiger partial charge on any atom is 0.119 e. The summed E-state index contributed by atoms with van der Waals surface area (Å²) in [6, 6.07) is 8.39. The molecule has 4 heteroatoms. The molecule has 0 aliphatic carbocycles. The third-order valence-corrected chi connectivity index (χ3v) is 5.14. The van der Waals surface area contributed by atoms with Gasteiger partial charge >= 0.3 is 0 Å². The van der Waals surface area contributed by atoms with Crippen LogP contribution in [0.1, 0.15) is 38.2 Å². The van der Waals surface area contributed by atoms with Crippen molar-refractivity contribution in [2.24, 2.45) is 0 Å². The summed E-state index contributed by atoms with van der Waals surface area (Å²) in [5, 5.41) is 10.8. The Kier molecular flexibility index (Phi) is 5.57. The van der Waals surface area contributed by atoms with Crippen LogP contribution in [0, 0.1) is 0 Å². The van der Waals surface area contributed by atoms with Gasteiger partial charge in [-0.05, 0) is 63.4 Å². The van der Waals surface area contributed by atoms with E-state index in [-0.39, 0.29) is 0 Å². The maximum absolute atomic E-state index is 10.8. The van der Waals surface area contributed by atoms with E-state index in [1.165, 1.54) is 18.4 Å². The van der Waals surface area contributed by atoms with Crippen LogP contribution < -0.4 is 4.74 Å². The molecule has 2 aliphatic heterocycles. The van der Waals surface area contributed by atoms with Gasteiger partial charge in [-0.1, -0.05) is 12.1 Å². The van der Waals surface area contributed by atoms with Gasteiger partial charge in [-0.25, -0.2) is 0 Å². The first kappa shape index (κ1) is 16.7. The number of benzene rings is 1. The monoisotopic (exact) mass is 318 g/mol. The van der Waals surface area contributed by atoms with Crippen molar-refractivity contribution in [1.29, 1.82) is 0 Å². The molecule has 0 amide bonds. The van der Waals surface area contributed by atoms with E-state index in [0.29, 0.717) is 6.61 Å². The number of ether oxygens (including phenoxy) is 1. The summed E-state index contributed by atoms with van der Waals surface area (Å²) < 4.78 is 5.49. The molecule has 0 saturated carbocycles. The van der Waals surface area contributed by atoms with Crippen LogP contribution >= 0.6 is 0 Å². The van der Waals surface area contributed by atoms with Gasteiger partial charge in [0.1, 0.15) is 5.75 Å². The van der Waals surface area contributed by atoms with Crippen molar-refractivity contribution in [1.82, 2.24) is 9.80 Å². The topological polar surface area (TPSA) is 35.9 Å². The fraction of sp³-hybridized carbons (Fsp3) is 0.684. The van der Waals surface area contributed by atoms with E-state index in [4.69, 9.17) is 4.74 Å². The molecule has 2 aliphatic rings. The first-order chi connectivity index (χ1) is 11.2. The number of piperidine rings is 1. The van der Waals surface area contributed by atoms with Crippen molar-refractivity contribution in [2.75, 3.05) is 39.3 Å². The normalized spacial score (nSPS) is 22.3. The van der Waals surface area contributed by atoms with Gasteiger partial charge in [0.25, 0.3) is 0 Å². The van der Waals surface area contributed by atoms with Crippen LogP contribution in [0.3, 0.4) is 0 Å². The third kappa shape index (κ3) is 4.69. The van der Waals surface area contributed by atoms with Crippen LogP contribution in [0.4, 0.5) is 0 Å². The SMILES string of the molecule is CCOc1ccc(CN2CCC(O)(CN3CCCC3)CC2)cc1. The molecule has 0 atom stereocenters. The van der Waals surface area contributed by atoms with Gasteiger partial charge in [-0.15, -0.1) is 0 Å². The maximum atomic E-state index is 10.8. The quantitative estimate of drug-likeness (QED) is 0.874. The number of β-amino-alcohol motifs (C(OH)–C–C–N with tert-alkyl or cyclic N) is 1. The highest BCUT2D eigenvalue weighted by atomic mass is 16.5. The number of rotatable bonds is 6. The molecule has 23 heavy (non-hydrogen) atoms. The zero-order valence-electron chi connectivity index (χ0n) is 14.3. The first-order valence-corrected chi connectivity index (χ1v) is 9.06. The molecular weight excluding hydrogens is 288 g/mol. The van der Waals surface area contributed by atoms with E-state index in [0.717, 1.165) is 57.9 Å². The molecule has 2 heterocycles. The summed E-state index contributed by atoms with van der Waals surface area (Å²) in [4.78, 5) is 4.89. The Morgan fingerprint density at radius 1 is 1.00 bits per heavy atom. The Morgan fingerprint density at radius 2 is 1.65 bits per heavy atom. The first-order valence-electron chi connectivity index (χ1n) is 9.06. The highest BCUT2D eigenvalue weighted by Gasteiger charge is 2.34. The van der Waals surface area contributed by atoms with Crippen molar-refractivity contribution in [3.63, 3.8) is 0 Å². The molecule has 128 valence electrons.